The van der Waals surface area contributed by atoms with E-state index in [1.807, 2.05) is 0 Å². The fourth-order valence-electron chi connectivity index (χ4n) is 1.12. The van der Waals surface area contributed by atoms with Crippen molar-refractivity contribution in [3.63, 3.8) is 0 Å². The first kappa shape index (κ1) is 14.2. The highest BCUT2D eigenvalue weighted by atomic mass is 35.5. The zero-order valence-corrected chi connectivity index (χ0v) is 10.1. The highest BCUT2D eigenvalue weighted by Crippen LogP contribution is 2.38. The highest BCUT2D eigenvalue weighted by molar-refractivity contribution is 8.00. The van der Waals surface area contributed by atoms with E-state index in [9.17, 15) is 18.0 Å². The Bertz CT molecular complexity index is 397. The monoisotopic (exact) mass is 283 g/mol. The minimum absolute atomic E-state index is 0.0325. The number of carbonyl (C=O) groups is 1. The van der Waals surface area contributed by atoms with Crippen LogP contribution < -0.4 is 5.32 Å². The van der Waals surface area contributed by atoms with E-state index in [1.165, 1.54) is 18.2 Å². The van der Waals surface area contributed by atoms with Crippen molar-refractivity contribution in [3.8, 4) is 0 Å². The van der Waals surface area contributed by atoms with Crippen LogP contribution in [0.25, 0.3) is 0 Å². The number of hydrogen-bond acceptors (Lipinski definition) is 2. The van der Waals surface area contributed by atoms with Crippen LogP contribution in [0, 0.1) is 0 Å². The number of rotatable bonds is 4. The Morgan fingerprint density at radius 2 is 2.00 bits per heavy atom. The van der Waals surface area contributed by atoms with E-state index in [0.717, 1.165) is 0 Å². The molecule has 1 aromatic carbocycles. The van der Waals surface area contributed by atoms with Crippen molar-refractivity contribution in [3.05, 3.63) is 29.8 Å². The van der Waals surface area contributed by atoms with Gasteiger partial charge in [-0.2, -0.15) is 13.2 Å². The van der Waals surface area contributed by atoms with Gasteiger partial charge in [0.1, 0.15) is 5.88 Å². The molecule has 1 N–H and O–H groups in total. The van der Waals surface area contributed by atoms with Crippen molar-refractivity contribution < 1.29 is 18.0 Å². The molecule has 0 heterocycles. The molecule has 0 aliphatic carbocycles. The van der Waals surface area contributed by atoms with Gasteiger partial charge in [0.2, 0.25) is 5.91 Å². The zero-order chi connectivity index (χ0) is 12.9. The third kappa shape index (κ3) is 5.32. The molecule has 0 unspecified atom stereocenters. The molecule has 0 aromatic heterocycles. The van der Waals surface area contributed by atoms with Crippen LogP contribution >= 0.6 is 23.4 Å². The lowest BCUT2D eigenvalue weighted by Crippen LogP contribution is -2.24. The number of carbonyl (C=O) groups excluding carboxylic acids is 1. The predicted octanol–water partition coefficient (Wildman–Crippen LogP) is 3.15. The summed E-state index contributed by atoms with van der Waals surface area (Å²) in [5, 5.41) is 2.42. The molecule has 1 amide bonds. The molecule has 94 valence electrons. The lowest BCUT2D eigenvalue weighted by molar-refractivity contribution is -0.118. The molecule has 2 nitrogen and oxygen atoms in total. The van der Waals surface area contributed by atoms with Crippen LogP contribution in [-0.4, -0.2) is 17.3 Å². The number of thioether (sulfide) groups is 1. The molecule has 0 aliphatic heterocycles. The van der Waals surface area contributed by atoms with Gasteiger partial charge in [0, 0.05) is 11.4 Å². The van der Waals surface area contributed by atoms with Crippen LogP contribution in [0.15, 0.2) is 29.2 Å². The van der Waals surface area contributed by atoms with Crippen LogP contribution in [0.4, 0.5) is 13.2 Å². The minimum atomic E-state index is -4.34. The lowest BCUT2D eigenvalue weighted by Gasteiger charge is -2.11. The van der Waals surface area contributed by atoms with Crippen LogP contribution in [0.3, 0.4) is 0 Å². The Morgan fingerprint density at radius 1 is 1.35 bits per heavy atom. The topological polar surface area (TPSA) is 29.1 Å². The molecule has 0 aliphatic rings. The summed E-state index contributed by atoms with van der Waals surface area (Å²) in [7, 11) is 0. The first-order chi connectivity index (χ1) is 7.92. The number of hydrogen-bond donors (Lipinski definition) is 1. The maximum Gasteiger partial charge on any atom is 0.446 e. The maximum absolute atomic E-state index is 12.2. The standard InChI is InChI=1S/C10H9ClF3NOS/c11-5-9(16)15-6-7-3-1-2-4-8(7)17-10(12,13)14/h1-4H,5-6H2,(H,15,16). The van der Waals surface area contributed by atoms with Gasteiger partial charge < -0.3 is 5.32 Å². The number of amides is 1. The van der Waals surface area contributed by atoms with Gasteiger partial charge in [0.05, 0.1) is 0 Å². The van der Waals surface area contributed by atoms with Crippen molar-refractivity contribution in [1.82, 2.24) is 5.32 Å². The quantitative estimate of drug-likeness (QED) is 0.679. The van der Waals surface area contributed by atoms with Crippen LogP contribution in [0.5, 0.6) is 0 Å². The Kier molecular flexibility index (Phi) is 5.14. The first-order valence-corrected chi connectivity index (χ1v) is 5.94. The van der Waals surface area contributed by atoms with Gasteiger partial charge >= 0.3 is 5.51 Å². The van der Waals surface area contributed by atoms with Crippen molar-refractivity contribution in [2.45, 2.75) is 16.9 Å². The molecule has 7 heteroatoms. The van der Waals surface area contributed by atoms with Gasteiger partial charge in [0.25, 0.3) is 0 Å². The van der Waals surface area contributed by atoms with E-state index in [-0.39, 0.29) is 29.1 Å². The molecule has 0 saturated carbocycles. The van der Waals surface area contributed by atoms with E-state index >= 15 is 0 Å². The number of halogens is 4. The third-order valence-electron chi connectivity index (χ3n) is 1.80. The Hall–Kier alpha value is -0.880. The van der Waals surface area contributed by atoms with Crippen LogP contribution in [0.2, 0.25) is 0 Å². The summed E-state index contributed by atoms with van der Waals surface area (Å²) in [6.45, 7) is 0.0325. The molecule has 1 rings (SSSR count). The molecule has 17 heavy (non-hydrogen) atoms. The van der Waals surface area contributed by atoms with Crippen molar-refractivity contribution in [2.24, 2.45) is 0 Å². The predicted molar refractivity (Wildman–Crippen MR) is 60.9 cm³/mol. The Balaban J connectivity index is 2.74. The summed E-state index contributed by atoms with van der Waals surface area (Å²) in [4.78, 5) is 11.0. The average Bonchev–Trinajstić information content (AvgIpc) is 2.25. The molecule has 0 fully saturated rings. The Morgan fingerprint density at radius 3 is 2.59 bits per heavy atom. The lowest BCUT2D eigenvalue weighted by atomic mass is 10.2. The molecule has 0 bridgehead atoms. The normalized spacial score (nSPS) is 11.3. The van der Waals surface area contributed by atoms with Gasteiger partial charge in [-0.05, 0) is 23.4 Å². The summed E-state index contributed by atoms with van der Waals surface area (Å²) >= 11 is 5.07. The first-order valence-electron chi connectivity index (χ1n) is 4.58. The van der Waals surface area contributed by atoms with E-state index in [0.29, 0.717) is 5.56 Å². The number of benzene rings is 1. The Labute approximate surface area is 106 Å². The molecule has 1 aromatic rings. The maximum atomic E-state index is 12.2. The van der Waals surface area contributed by atoms with Crippen LogP contribution in [-0.2, 0) is 11.3 Å². The van der Waals surface area contributed by atoms with Gasteiger partial charge in [-0.25, -0.2) is 0 Å². The summed E-state index contributed by atoms with van der Waals surface area (Å²) in [5.74, 6) is -0.632. The zero-order valence-electron chi connectivity index (χ0n) is 8.55. The van der Waals surface area contributed by atoms with E-state index in [1.54, 1.807) is 6.07 Å². The molecule has 0 atom stereocenters. The largest absolute Gasteiger partial charge is 0.446 e. The summed E-state index contributed by atoms with van der Waals surface area (Å²) in [6, 6.07) is 6.02. The molecular weight excluding hydrogens is 275 g/mol. The summed E-state index contributed by atoms with van der Waals surface area (Å²) in [6.07, 6.45) is 0. The van der Waals surface area contributed by atoms with Gasteiger partial charge in [-0.1, -0.05) is 18.2 Å². The van der Waals surface area contributed by atoms with Gasteiger partial charge in [-0.3, -0.25) is 4.79 Å². The van der Waals surface area contributed by atoms with Crippen molar-refractivity contribution >= 4 is 29.3 Å². The fourth-order valence-corrected chi connectivity index (χ4v) is 1.88. The van der Waals surface area contributed by atoms with Crippen LogP contribution in [0.1, 0.15) is 5.56 Å². The minimum Gasteiger partial charge on any atom is -0.351 e. The van der Waals surface area contributed by atoms with Gasteiger partial charge in [-0.15, -0.1) is 11.6 Å². The molecule has 0 saturated heterocycles. The fraction of sp³-hybridized carbons (Fsp3) is 0.300. The summed E-state index contributed by atoms with van der Waals surface area (Å²) in [5.41, 5.74) is -3.93. The molecule has 0 spiro atoms. The molecule has 0 radical (unpaired) electrons. The number of alkyl halides is 4. The summed E-state index contributed by atoms with van der Waals surface area (Å²) < 4.78 is 36.7. The van der Waals surface area contributed by atoms with E-state index in [4.69, 9.17) is 11.6 Å². The smallest absolute Gasteiger partial charge is 0.351 e. The highest BCUT2D eigenvalue weighted by Gasteiger charge is 2.30. The average molecular weight is 284 g/mol. The SMILES string of the molecule is O=C(CCl)NCc1ccccc1SC(F)(F)F. The third-order valence-corrected chi connectivity index (χ3v) is 2.89. The second kappa shape index (κ2) is 6.16. The molecular formula is C10H9ClF3NOS. The van der Waals surface area contributed by atoms with Crippen molar-refractivity contribution in [2.75, 3.05) is 5.88 Å². The van der Waals surface area contributed by atoms with E-state index in [2.05, 4.69) is 5.32 Å². The van der Waals surface area contributed by atoms with E-state index < -0.39 is 11.4 Å². The number of nitrogens with one attached hydrogen (secondary N) is 1. The van der Waals surface area contributed by atoms with Gasteiger partial charge in [0.15, 0.2) is 0 Å². The second-order valence-corrected chi connectivity index (χ2v) is 4.44. The van der Waals surface area contributed by atoms with Crippen molar-refractivity contribution in [1.29, 1.82) is 0 Å². The second-order valence-electron chi connectivity index (χ2n) is 3.07.